The molecule has 0 fully saturated rings. The second-order valence-corrected chi connectivity index (χ2v) is 4.09. The molecule has 0 bridgehead atoms. The van der Waals surface area contributed by atoms with Crippen LogP contribution in [0, 0.1) is 0 Å². The van der Waals surface area contributed by atoms with Gasteiger partial charge in [-0.1, -0.05) is 12.1 Å². The van der Waals surface area contributed by atoms with E-state index in [1.807, 2.05) is 24.3 Å². The Morgan fingerprint density at radius 1 is 1.14 bits per heavy atom. The predicted molar refractivity (Wildman–Crippen MR) is 67.3 cm³/mol. The molecule has 0 aliphatic carbocycles. The van der Waals surface area contributed by atoms with E-state index in [0.29, 0.717) is 4.48 Å². The molecule has 1 rings (SSSR count). The molecule has 0 unspecified atom stereocenters. The molecule has 14 heavy (non-hydrogen) atoms. The number of nitrogens with zero attached hydrogens (tertiary/aromatic N) is 1. The fraction of sp³-hybridized carbons (Fsp3) is 0.364. The number of carbonyl (C=O) groups excluding carboxylic acids is 1. The predicted octanol–water partition coefficient (Wildman–Crippen LogP) is 0.634. The van der Waals surface area contributed by atoms with E-state index in [-0.39, 0.29) is 29.7 Å². The van der Waals surface area contributed by atoms with Gasteiger partial charge in [-0.2, -0.15) is 0 Å². The first-order valence-corrected chi connectivity index (χ1v) is 4.35. The van der Waals surface area contributed by atoms with Gasteiger partial charge in [-0.3, -0.25) is 9.28 Å². The maximum absolute atomic E-state index is 11.3. The van der Waals surface area contributed by atoms with Crippen molar-refractivity contribution in [2.75, 3.05) is 21.1 Å². The van der Waals surface area contributed by atoms with Crippen LogP contribution in [-0.4, -0.2) is 50.8 Å². The minimum atomic E-state index is 0. The first-order chi connectivity index (χ1) is 5.93. The van der Waals surface area contributed by atoms with Crippen molar-refractivity contribution in [1.82, 2.24) is 4.48 Å². The van der Waals surface area contributed by atoms with Crippen LogP contribution < -0.4 is 4.48 Å². The minimum absolute atomic E-state index is 0. The Kier molecular flexibility index (Phi) is 4.81. The van der Waals surface area contributed by atoms with E-state index in [1.54, 1.807) is 6.92 Å². The van der Waals surface area contributed by atoms with Crippen molar-refractivity contribution >= 4 is 35.4 Å². The first-order valence-electron chi connectivity index (χ1n) is 4.35. The molecular weight excluding hydrogens is 281 g/mol. The van der Waals surface area contributed by atoms with Crippen LogP contribution in [0.5, 0.6) is 0 Å². The normalized spacial score (nSPS) is 10.6. The number of benzene rings is 1. The topological polar surface area (TPSA) is 17.1 Å². The van der Waals surface area contributed by atoms with Crippen molar-refractivity contribution in [3.63, 3.8) is 0 Å². The quantitative estimate of drug-likeness (QED) is 0.445. The van der Waals surface area contributed by atoms with Crippen LogP contribution in [-0.2, 0) is 0 Å². The van der Waals surface area contributed by atoms with Gasteiger partial charge in [0.2, 0.25) is 0 Å². The molecule has 78 valence electrons. The van der Waals surface area contributed by atoms with Crippen LogP contribution >= 0.6 is 0 Å². The number of hydrogen-bond donors (Lipinski definition) is 0. The van der Waals surface area contributed by atoms with E-state index in [9.17, 15) is 4.79 Å². The zero-order chi connectivity index (χ0) is 10.1. The molecule has 0 aliphatic rings. The van der Waals surface area contributed by atoms with Crippen molar-refractivity contribution in [3.05, 3.63) is 29.8 Å². The van der Waals surface area contributed by atoms with Gasteiger partial charge in [0.25, 0.3) is 0 Å². The molecule has 0 saturated carbocycles. The second-order valence-electron chi connectivity index (χ2n) is 4.09. The number of quaternary nitrogens is 1. The summed E-state index contributed by atoms with van der Waals surface area (Å²) in [6.45, 7) is 1.61. The van der Waals surface area contributed by atoms with Crippen molar-refractivity contribution < 1.29 is 4.79 Å². The van der Waals surface area contributed by atoms with Crippen molar-refractivity contribution in [2.45, 2.75) is 6.92 Å². The third-order valence-electron chi connectivity index (χ3n) is 2.01. The molecule has 0 amide bonds. The Labute approximate surface area is 102 Å². The average Bonchev–Trinajstić information content (AvgIpc) is 2.03. The fourth-order valence-corrected chi connectivity index (χ4v) is 1.36. The van der Waals surface area contributed by atoms with Gasteiger partial charge >= 0.3 is 23.9 Å². The molecule has 0 saturated heterocycles. The van der Waals surface area contributed by atoms with E-state index in [0.717, 1.165) is 11.3 Å². The molecule has 0 spiro atoms. The monoisotopic (exact) mass is 302 g/mol. The number of hydrogen-bond acceptors (Lipinski definition) is 1. The third kappa shape index (κ3) is 3.10. The summed E-state index contributed by atoms with van der Waals surface area (Å²) in [5.41, 5.74) is 1.88. The zero-order valence-electron chi connectivity index (χ0n) is 8.66. The fourth-order valence-electron chi connectivity index (χ4n) is 1.36. The summed E-state index contributed by atoms with van der Waals surface area (Å²) in [5.74, 6) is 0.128. The standard InChI is InChI=1S/C11H16NO.Sn.4H/c1-9(13)10-7-5-6-8-11(10)12(2,3)4;;;;;/h5-8H,1-4H3;;;;;/q+1;;;;;. The van der Waals surface area contributed by atoms with Crippen molar-refractivity contribution in [1.29, 1.82) is 0 Å². The molecule has 3 heteroatoms. The molecule has 2 nitrogen and oxygen atoms in total. The number of ketones is 1. The molecule has 0 aliphatic heterocycles. The SMILES string of the molecule is CC(=O)c1ccccc1[N+](C)(C)C.[SnH4]. The molecule has 0 radical (unpaired) electrons. The van der Waals surface area contributed by atoms with Crippen LogP contribution in [0.2, 0.25) is 0 Å². The average molecular weight is 301 g/mol. The van der Waals surface area contributed by atoms with E-state index >= 15 is 0 Å². The summed E-state index contributed by atoms with van der Waals surface area (Å²) in [7, 11) is 6.17. The molecule has 1 aromatic carbocycles. The Morgan fingerprint density at radius 2 is 1.64 bits per heavy atom. The number of rotatable bonds is 2. The van der Waals surface area contributed by atoms with Gasteiger partial charge in [-0.05, 0) is 19.1 Å². The van der Waals surface area contributed by atoms with Crippen molar-refractivity contribution in [3.8, 4) is 0 Å². The van der Waals surface area contributed by atoms with E-state index < -0.39 is 0 Å². The summed E-state index contributed by atoms with van der Waals surface area (Å²) in [4.78, 5) is 11.3. The summed E-state index contributed by atoms with van der Waals surface area (Å²) in [6, 6.07) is 7.74. The van der Waals surface area contributed by atoms with Gasteiger partial charge in [0.15, 0.2) is 5.78 Å². The van der Waals surface area contributed by atoms with E-state index in [1.165, 1.54) is 0 Å². The molecule has 0 atom stereocenters. The molecule has 0 aromatic heterocycles. The molecular formula is C11H20NOSn+. The molecule has 1 aromatic rings. The zero-order valence-corrected chi connectivity index (χ0v) is 8.66. The molecule has 0 N–H and O–H groups in total. The van der Waals surface area contributed by atoms with Gasteiger partial charge in [0.05, 0.1) is 26.7 Å². The van der Waals surface area contributed by atoms with Gasteiger partial charge in [0, 0.05) is 0 Å². The third-order valence-corrected chi connectivity index (χ3v) is 2.01. The Bertz CT molecular complexity index is 328. The first kappa shape index (κ1) is 13.6. The Morgan fingerprint density at radius 3 is 2.00 bits per heavy atom. The van der Waals surface area contributed by atoms with Crippen molar-refractivity contribution in [2.24, 2.45) is 0 Å². The summed E-state index contributed by atoms with van der Waals surface area (Å²) < 4.78 is 0.676. The van der Waals surface area contributed by atoms with Crippen LogP contribution in [0.3, 0.4) is 0 Å². The summed E-state index contributed by atoms with van der Waals surface area (Å²) in [6.07, 6.45) is 0. The van der Waals surface area contributed by atoms with Gasteiger partial charge < -0.3 is 0 Å². The van der Waals surface area contributed by atoms with Crippen LogP contribution in [0.25, 0.3) is 0 Å². The van der Waals surface area contributed by atoms with Gasteiger partial charge in [0.1, 0.15) is 5.69 Å². The van der Waals surface area contributed by atoms with Crippen LogP contribution in [0.1, 0.15) is 17.3 Å². The number of Topliss-reactive ketones (excluding diaryl/α,β-unsaturated/α-hetero) is 1. The Balaban J connectivity index is 0.00000169. The van der Waals surface area contributed by atoms with E-state index in [4.69, 9.17) is 0 Å². The van der Waals surface area contributed by atoms with Crippen LogP contribution in [0.4, 0.5) is 5.69 Å². The maximum atomic E-state index is 11.3. The number of carbonyl (C=O) groups is 1. The Hall–Kier alpha value is -0.351. The van der Waals surface area contributed by atoms with Gasteiger partial charge in [-0.25, -0.2) is 0 Å². The van der Waals surface area contributed by atoms with Crippen LogP contribution in [0.15, 0.2) is 24.3 Å². The van der Waals surface area contributed by atoms with E-state index in [2.05, 4.69) is 21.1 Å². The number of para-hydroxylation sites is 1. The molecule has 0 heterocycles. The van der Waals surface area contributed by atoms with Gasteiger partial charge in [-0.15, -0.1) is 0 Å². The second kappa shape index (κ2) is 4.94. The summed E-state index contributed by atoms with van der Waals surface area (Å²) in [5, 5.41) is 0. The summed E-state index contributed by atoms with van der Waals surface area (Å²) >= 11 is 0.